The molecule has 1 saturated carbocycles. The molecule has 3 heteroatoms. The van der Waals surface area contributed by atoms with Crippen molar-refractivity contribution in [3.05, 3.63) is 48.3 Å². The molecule has 1 N–H and O–H groups in total. The van der Waals surface area contributed by atoms with E-state index in [0.717, 1.165) is 30.4 Å². The Morgan fingerprint density at radius 1 is 1.05 bits per heavy atom. The van der Waals surface area contributed by atoms with Crippen molar-refractivity contribution in [3.8, 4) is 5.69 Å². The molecule has 3 rings (SSSR count). The lowest BCUT2D eigenvalue weighted by atomic mass is 10.0. The number of hydrogen-bond acceptors (Lipinski definition) is 2. The second-order valence-corrected chi connectivity index (χ2v) is 7.21. The number of nitrogens with one attached hydrogen (secondary N) is 1. The summed E-state index contributed by atoms with van der Waals surface area (Å²) in [6.07, 6.45) is 2.03. The number of para-hydroxylation sites is 1. The third-order valence-electron chi connectivity index (χ3n) is 5.64. The van der Waals surface area contributed by atoms with Gasteiger partial charge >= 0.3 is 0 Å². The molecule has 3 nitrogen and oxygen atoms in total. The zero-order valence-electron chi connectivity index (χ0n) is 13.4. The van der Waals surface area contributed by atoms with Crippen molar-refractivity contribution in [1.82, 2.24) is 15.1 Å². The minimum atomic E-state index is 0.448. The molecule has 0 aliphatic heterocycles. The van der Waals surface area contributed by atoms with Gasteiger partial charge < -0.3 is 5.32 Å². The summed E-state index contributed by atoms with van der Waals surface area (Å²) in [5.74, 6) is 0.751. The van der Waals surface area contributed by atoms with Crippen molar-refractivity contribution in [2.45, 2.75) is 34.2 Å². The molecule has 0 spiro atoms. The Morgan fingerprint density at radius 3 is 2.33 bits per heavy atom. The molecule has 2 aromatic rings. The van der Waals surface area contributed by atoms with Crippen LogP contribution in [0.5, 0.6) is 0 Å². The smallest absolute Gasteiger partial charge is 0.0766 e. The highest BCUT2D eigenvalue weighted by Gasteiger charge is 2.63. The average Bonchev–Trinajstić information content (AvgIpc) is 2.83. The number of benzene rings is 1. The molecule has 1 heterocycles. The van der Waals surface area contributed by atoms with E-state index in [2.05, 4.69) is 56.3 Å². The van der Waals surface area contributed by atoms with E-state index >= 15 is 0 Å². The Bertz CT molecular complexity index is 596. The zero-order chi connectivity index (χ0) is 15.1. The zero-order valence-corrected chi connectivity index (χ0v) is 13.4. The van der Waals surface area contributed by atoms with Crippen LogP contribution in [0.1, 0.15) is 33.4 Å². The van der Waals surface area contributed by atoms with Crippen molar-refractivity contribution in [3.63, 3.8) is 0 Å². The molecular formula is C18H25N3. The summed E-state index contributed by atoms with van der Waals surface area (Å²) < 4.78 is 1.93. The van der Waals surface area contributed by atoms with Gasteiger partial charge in [0.15, 0.2) is 0 Å². The van der Waals surface area contributed by atoms with Crippen LogP contribution in [0.3, 0.4) is 0 Å². The van der Waals surface area contributed by atoms with Crippen molar-refractivity contribution < 1.29 is 0 Å². The second-order valence-electron chi connectivity index (χ2n) is 7.21. The van der Waals surface area contributed by atoms with Gasteiger partial charge in [0.2, 0.25) is 0 Å². The van der Waals surface area contributed by atoms with Gasteiger partial charge in [-0.2, -0.15) is 5.10 Å². The Hall–Kier alpha value is -1.61. The first-order valence-electron chi connectivity index (χ1n) is 7.73. The van der Waals surface area contributed by atoms with E-state index in [-0.39, 0.29) is 0 Å². The quantitative estimate of drug-likeness (QED) is 0.908. The molecule has 0 radical (unpaired) electrons. The lowest BCUT2D eigenvalue weighted by Gasteiger charge is -2.04. The van der Waals surface area contributed by atoms with E-state index in [0.29, 0.717) is 10.8 Å². The first-order valence-corrected chi connectivity index (χ1v) is 7.73. The van der Waals surface area contributed by atoms with Gasteiger partial charge in [-0.1, -0.05) is 45.9 Å². The summed E-state index contributed by atoms with van der Waals surface area (Å²) in [7, 11) is 0. The third kappa shape index (κ3) is 2.51. The Balaban J connectivity index is 1.55. The number of rotatable bonds is 5. The van der Waals surface area contributed by atoms with Gasteiger partial charge in [0.25, 0.3) is 0 Å². The van der Waals surface area contributed by atoms with Crippen molar-refractivity contribution >= 4 is 0 Å². The standard InChI is InChI=1S/C18H25N3/c1-17(2)16(18(17,3)4)13-19-12-14-10-11-21(20-14)15-8-6-5-7-9-15/h5-11,16,19H,12-13H2,1-4H3. The van der Waals surface area contributed by atoms with E-state index in [1.54, 1.807) is 0 Å². The summed E-state index contributed by atoms with van der Waals surface area (Å²) >= 11 is 0. The van der Waals surface area contributed by atoms with Gasteiger partial charge in [-0.3, -0.25) is 0 Å². The summed E-state index contributed by atoms with van der Waals surface area (Å²) in [6, 6.07) is 12.3. The molecule has 1 aliphatic carbocycles. The van der Waals surface area contributed by atoms with Crippen LogP contribution in [-0.2, 0) is 6.54 Å². The van der Waals surface area contributed by atoms with Crippen LogP contribution in [0.2, 0.25) is 0 Å². The molecule has 0 bridgehead atoms. The van der Waals surface area contributed by atoms with E-state index in [4.69, 9.17) is 0 Å². The van der Waals surface area contributed by atoms with Crippen LogP contribution in [0.4, 0.5) is 0 Å². The first-order chi connectivity index (χ1) is 9.93. The van der Waals surface area contributed by atoms with Gasteiger partial charge in [0.05, 0.1) is 11.4 Å². The largest absolute Gasteiger partial charge is 0.311 e. The molecule has 1 aliphatic rings. The van der Waals surface area contributed by atoms with Crippen LogP contribution >= 0.6 is 0 Å². The van der Waals surface area contributed by atoms with Gasteiger partial charge in [-0.05, 0) is 41.5 Å². The maximum atomic E-state index is 4.62. The Morgan fingerprint density at radius 2 is 1.71 bits per heavy atom. The molecule has 1 fully saturated rings. The maximum Gasteiger partial charge on any atom is 0.0766 e. The first kappa shape index (κ1) is 14.3. The predicted octanol–water partition coefficient (Wildman–Crippen LogP) is 3.64. The number of aromatic nitrogens is 2. The normalized spacial score (nSPS) is 19.6. The second kappa shape index (κ2) is 4.99. The maximum absolute atomic E-state index is 4.62. The highest BCUT2D eigenvalue weighted by molar-refractivity contribution is 5.30. The molecule has 0 saturated heterocycles. The summed E-state index contributed by atoms with van der Waals surface area (Å²) in [5.41, 5.74) is 3.09. The SMILES string of the molecule is CC1(C)C(CNCc2ccn(-c3ccccc3)n2)C1(C)C. The van der Waals surface area contributed by atoms with Crippen LogP contribution < -0.4 is 5.32 Å². The van der Waals surface area contributed by atoms with E-state index in [1.807, 2.05) is 29.1 Å². The summed E-state index contributed by atoms with van der Waals surface area (Å²) in [6.45, 7) is 11.4. The topological polar surface area (TPSA) is 29.9 Å². The summed E-state index contributed by atoms with van der Waals surface area (Å²) in [4.78, 5) is 0. The molecule has 0 atom stereocenters. The van der Waals surface area contributed by atoms with Gasteiger partial charge in [-0.25, -0.2) is 4.68 Å². The minimum absolute atomic E-state index is 0.448. The fourth-order valence-corrected chi connectivity index (χ4v) is 3.37. The number of hydrogen-bond donors (Lipinski definition) is 1. The molecule has 21 heavy (non-hydrogen) atoms. The monoisotopic (exact) mass is 283 g/mol. The lowest BCUT2D eigenvalue weighted by Crippen LogP contribution is -2.19. The van der Waals surface area contributed by atoms with E-state index < -0.39 is 0 Å². The molecular weight excluding hydrogens is 258 g/mol. The van der Waals surface area contributed by atoms with Crippen molar-refractivity contribution in [2.24, 2.45) is 16.7 Å². The highest BCUT2D eigenvalue weighted by Crippen LogP contribution is 2.67. The van der Waals surface area contributed by atoms with Gasteiger partial charge in [-0.15, -0.1) is 0 Å². The lowest BCUT2D eigenvalue weighted by molar-refractivity contribution is 0.457. The van der Waals surface area contributed by atoms with Gasteiger partial charge in [0.1, 0.15) is 0 Å². The molecule has 112 valence electrons. The number of nitrogens with zero attached hydrogens (tertiary/aromatic N) is 2. The average molecular weight is 283 g/mol. The van der Waals surface area contributed by atoms with E-state index in [9.17, 15) is 0 Å². The highest BCUT2D eigenvalue weighted by atomic mass is 15.3. The minimum Gasteiger partial charge on any atom is -0.311 e. The molecule has 0 amide bonds. The van der Waals surface area contributed by atoms with Crippen molar-refractivity contribution in [2.75, 3.05) is 6.54 Å². The third-order valence-corrected chi connectivity index (χ3v) is 5.64. The fourth-order valence-electron chi connectivity index (χ4n) is 3.37. The molecule has 0 unspecified atom stereocenters. The van der Waals surface area contributed by atoms with Crippen LogP contribution in [0, 0.1) is 16.7 Å². The summed E-state index contributed by atoms with van der Waals surface area (Å²) in [5, 5.41) is 8.19. The van der Waals surface area contributed by atoms with Gasteiger partial charge in [0, 0.05) is 12.7 Å². The predicted molar refractivity (Wildman–Crippen MR) is 86.3 cm³/mol. The van der Waals surface area contributed by atoms with Crippen LogP contribution in [0.15, 0.2) is 42.6 Å². The van der Waals surface area contributed by atoms with Crippen LogP contribution in [-0.4, -0.2) is 16.3 Å². The van der Waals surface area contributed by atoms with Crippen LogP contribution in [0.25, 0.3) is 5.69 Å². The fraction of sp³-hybridized carbons (Fsp3) is 0.500. The molecule has 1 aromatic heterocycles. The molecule has 1 aromatic carbocycles. The van der Waals surface area contributed by atoms with Crippen molar-refractivity contribution in [1.29, 1.82) is 0 Å². The van der Waals surface area contributed by atoms with E-state index in [1.165, 1.54) is 0 Å². The Labute approximate surface area is 127 Å². The Kier molecular flexibility index (Phi) is 3.40.